The second-order valence-electron chi connectivity index (χ2n) is 5.89. The van der Waals surface area contributed by atoms with Crippen LogP contribution in [-0.4, -0.2) is 57.7 Å². The summed E-state index contributed by atoms with van der Waals surface area (Å²) in [6.07, 6.45) is 2.80. The number of piperazine rings is 1. The van der Waals surface area contributed by atoms with E-state index < -0.39 is 0 Å². The maximum atomic E-state index is 11.8. The molecule has 2 aliphatic heterocycles. The minimum Gasteiger partial charge on any atom is -0.497 e. The summed E-state index contributed by atoms with van der Waals surface area (Å²) < 4.78 is 5.35. The van der Waals surface area contributed by atoms with Crippen molar-refractivity contribution in [3.63, 3.8) is 0 Å². The first kappa shape index (κ1) is 14.9. The summed E-state index contributed by atoms with van der Waals surface area (Å²) in [5.74, 6) is 0.871. The molecule has 0 aliphatic carbocycles. The number of methoxy groups -OCH3 is 1. The van der Waals surface area contributed by atoms with E-state index in [-0.39, 0.29) is 5.91 Å². The van der Waals surface area contributed by atoms with Crippen LogP contribution in [0.3, 0.4) is 0 Å². The van der Waals surface area contributed by atoms with Crippen molar-refractivity contribution in [1.29, 1.82) is 0 Å². The number of nitrogens with one attached hydrogen (secondary N) is 1. The molecule has 0 radical (unpaired) electrons. The molecule has 5 heteroatoms. The van der Waals surface area contributed by atoms with Gasteiger partial charge in [0.05, 0.1) is 7.11 Å². The highest BCUT2D eigenvalue weighted by atomic mass is 16.5. The summed E-state index contributed by atoms with van der Waals surface area (Å²) in [6.45, 7) is 4.86. The van der Waals surface area contributed by atoms with Gasteiger partial charge in [0.15, 0.2) is 0 Å². The third-order valence-corrected chi connectivity index (χ3v) is 4.38. The zero-order chi connectivity index (χ0) is 15.5. The fraction of sp³-hybridized carbons (Fsp3) is 0.471. The van der Waals surface area contributed by atoms with Gasteiger partial charge < -0.3 is 19.9 Å². The van der Waals surface area contributed by atoms with Gasteiger partial charge in [-0.25, -0.2) is 0 Å². The fourth-order valence-corrected chi connectivity index (χ4v) is 2.97. The number of anilines is 1. The predicted molar refractivity (Wildman–Crippen MR) is 88.3 cm³/mol. The minimum atomic E-state index is 0.0483. The molecule has 118 valence electrons. The van der Waals surface area contributed by atoms with Crippen molar-refractivity contribution in [1.82, 2.24) is 10.2 Å². The van der Waals surface area contributed by atoms with E-state index in [1.807, 2.05) is 18.2 Å². The average molecular weight is 301 g/mol. The van der Waals surface area contributed by atoms with Gasteiger partial charge in [0.25, 0.3) is 0 Å². The number of nitrogens with zero attached hydrogens (tertiary/aromatic N) is 2. The molecule has 0 saturated carbocycles. The number of ether oxygens (including phenoxy) is 1. The predicted octanol–water partition coefficient (Wildman–Crippen LogP) is 1.35. The molecule has 0 bridgehead atoms. The van der Waals surface area contributed by atoms with E-state index in [1.54, 1.807) is 7.11 Å². The summed E-state index contributed by atoms with van der Waals surface area (Å²) in [7, 11) is 3.82. The van der Waals surface area contributed by atoms with E-state index in [2.05, 4.69) is 28.2 Å². The van der Waals surface area contributed by atoms with E-state index in [4.69, 9.17) is 4.74 Å². The molecular weight excluding hydrogens is 278 g/mol. The Hall–Kier alpha value is -2.01. The molecule has 1 amide bonds. The molecule has 2 saturated heterocycles. The van der Waals surface area contributed by atoms with Gasteiger partial charge in [0, 0.05) is 49.5 Å². The largest absolute Gasteiger partial charge is 0.497 e. The number of hydrogen-bond donors (Lipinski definition) is 1. The third kappa shape index (κ3) is 3.09. The Labute approximate surface area is 131 Å². The number of hydrogen-bond acceptors (Lipinski definition) is 4. The molecule has 3 rings (SSSR count). The number of amides is 1. The number of rotatable bonds is 3. The standard InChI is InChI=1S/C17H23N3O2/c1-19-7-9-20(10-8-19)16-4-3-15(22-2)12-14(16)11-13-5-6-18-17(13)21/h3-4,11-12H,5-10H2,1-2H3,(H,18,21). The Morgan fingerprint density at radius 1 is 1.23 bits per heavy atom. The van der Waals surface area contributed by atoms with Gasteiger partial charge in [-0.3, -0.25) is 4.79 Å². The minimum absolute atomic E-state index is 0.0483. The highest BCUT2D eigenvalue weighted by Gasteiger charge is 2.20. The zero-order valence-electron chi connectivity index (χ0n) is 13.3. The summed E-state index contributed by atoms with van der Waals surface area (Å²) >= 11 is 0. The lowest BCUT2D eigenvalue weighted by atomic mass is 10.1. The molecule has 1 N–H and O–H groups in total. The Kier molecular flexibility index (Phi) is 4.34. The van der Waals surface area contributed by atoms with Crippen molar-refractivity contribution in [2.24, 2.45) is 0 Å². The van der Waals surface area contributed by atoms with Crippen LogP contribution in [0.2, 0.25) is 0 Å². The van der Waals surface area contributed by atoms with Crippen LogP contribution in [0.4, 0.5) is 5.69 Å². The molecule has 2 fully saturated rings. The number of carbonyl (C=O) groups excluding carboxylic acids is 1. The molecule has 22 heavy (non-hydrogen) atoms. The molecule has 1 aromatic rings. The van der Waals surface area contributed by atoms with E-state index in [0.717, 1.165) is 56.0 Å². The van der Waals surface area contributed by atoms with Crippen LogP contribution in [-0.2, 0) is 4.79 Å². The normalized spacial score (nSPS) is 21.3. The van der Waals surface area contributed by atoms with Crippen LogP contribution in [0.25, 0.3) is 6.08 Å². The van der Waals surface area contributed by atoms with Gasteiger partial charge in [-0.2, -0.15) is 0 Å². The van der Waals surface area contributed by atoms with Gasteiger partial charge in [0.2, 0.25) is 5.91 Å². The highest BCUT2D eigenvalue weighted by molar-refractivity contribution is 6.00. The molecule has 2 aliphatic rings. The van der Waals surface area contributed by atoms with Crippen molar-refractivity contribution >= 4 is 17.7 Å². The Bertz CT molecular complexity index is 590. The Balaban J connectivity index is 1.93. The van der Waals surface area contributed by atoms with Crippen LogP contribution in [0.5, 0.6) is 5.75 Å². The second-order valence-corrected chi connectivity index (χ2v) is 5.89. The van der Waals surface area contributed by atoms with Gasteiger partial charge in [-0.15, -0.1) is 0 Å². The molecular formula is C17H23N3O2. The van der Waals surface area contributed by atoms with Crippen LogP contribution < -0.4 is 15.0 Å². The first-order valence-corrected chi connectivity index (χ1v) is 7.77. The van der Waals surface area contributed by atoms with E-state index in [1.165, 1.54) is 5.69 Å². The topological polar surface area (TPSA) is 44.8 Å². The van der Waals surface area contributed by atoms with Crippen molar-refractivity contribution in [2.75, 3.05) is 51.8 Å². The van der Waals surface area contributed by atoms with Crippen LogP contribution in [0.1, 0.15) is 12.0 Å². The number of likely N-dealkylation sites (N-methyl/N-ethyl adjacent to an activating group) is 1. The summed E-state index contributed by atoms with van der Waals surface area (Å²) in [4.78, 5) is 16.6. The number of carbonyl (C=O) groups is 1. The zero-order valence-corrected chi connectivity index (χ0v) is 13.3. The van der Waals surface area contributed by atoms with Crippen molar-refractivity contribution in [3.05, 3.63) is 29.3 Å². The number of benzene rings is 1. The van der Waals surface area contributed by atoms with Gasteiger partial charge in [-0.1, -0.05) is 0 Å². The maximum absolute atomic E-state index is 11.8. The monoisotopic (exact) mass is 301 g/mol. The molecule has 0 atom stereocenters. The van der Waals surface area contributed by atoms with Crippen LogP contribution >= 0.6 is 0 Å². The smallest absolute Gasteiger partial charge is 0.247 e. The van der Waals surface area contributed by atoms with Gasteiger partial charge in [0.1, 0.15) is 5.75 Å². The highest BCUT2D eigenvalue weighted by Crippen LogP contribution is 2.29. The van der Waals surface area contributed by atoms with Crippen LogP contribution in [0.15, 0.2) is 23.8 Å². The molecule has 0 spiro atoms. The van der Waals surface area contributed by atoms with E-state index in [9.17, 15) is 4.79 Å². The quantitative estimate of drug-likeness (QED) is 0.856. The van der Waals surface area contributed by atoms with Gasteiger partial charge in [-0.05, 0) is 37.7 Å². The van der Waals surface area contributed by atoms with E-state index >= 15 is 0 Å². The average Bonchev–Trinajstić information content (AvgIpc) is 2.93. The maximum Gasteiger partial charge on any atom is 0.247 e. The molecule has 5 nitrogen and oxygen atoms in total. The first-order chi connectivity index (χ1) is 10.7. The van der Waals surface area contributed by atoms with Gasteiger partial charge >= 0.3 is 0 Å². The van der Waals surface area contributed by atoms with Crippen LogP contribution in [0, 0.1) is 0 Å². The van der Waals surface area contributed by atoms with E-state index in [0.29, 0.717) is 0 Å². The molecule has 0 unspecified atom stereocenters. The lowest BCUT2D eigenvalue weighted by Gasteiger charge is -2.35. The van der Waals surface area contributed by atoms with Crippen molar-refractivity contribution in [3.8, 4) is 5.75 Å². The summed E-state index contributed by atoms with van der Waals surface area (Å²) in [5, 5.41) is 2.86. The first-order valence-electron chi connectivity index (χ1n) is 7.77. The SMILES string of the molecule is COc1ccc(N2CCN(C)CC2)c(C=C2CCNC2=O)c1. The Morgan fingerprint density at radius 3 is 2.64 bits per heavy atom. The lowest BCUT2D eigenvalue weighted by Crippen LogP contribution is -2.44. The Morgan fingerprint density at radius 2 is 2.00 bits per heavy atom. The van der Waals surface area contributed by atoms with Crippen molar-refractivity contribution in [2.45, 2.75) is 6.42 Å². The molecule has 1 aromatic carbocycles. The summed E-state index contributed by atoms with van der Waals surface area (Å²) in [6, 6.07) is 6.11. The lowest BCUT2D eigenvalue weighted by molar-refractivity contribution is -0.116. The molecule has 0 aromatic heterocycles. The second kappa shape index (κ2) is 6.40. The fourth-order valence-electron chi connectivity index (χ4n) is 2.97. The summed E-state index contributed by atoms with van der Waals surface area (Å²) in [5.41, 5.74) is 3.10. The third-order valence-electron chi connectivity index (χ3n) is 4.38. The molecule has 2 heterocycles. The van der Waals surface area contributed by atoms with Crippen molar-refractivity contribution < 1.29 is 9.53 Å².